The van der Waals surface area contributed by atoms with Gasteiger partial charge in [-0.15, -0.1) is 0 Å². The van der Waals surface area contributed by atoms with Gasteiger partial charge in [0.1, 0.15) is 6.61 Å². The van der Waals surface area contributed by atoms with Crippen molar-refractivity contribution in [2.75, 3.05) is 20.8 Å². The zero-order valence-electron chi connectivity index (χ0n) is 15.1. The lowest BCUT2D eigenvalue weighted by molar-refractivity contribution is 0.0600. The fourth-order valence-corrected chi connectivity index (χ4v) is 3.71. The standard InChI is InChI=1S/C18H20ClNO6S/c1-12(11-26-17-7-5-4-6-16(17)24-2)20-27(22,23)13-8-9-15(19)14(10-13)18(21)25-3/h4-10,12,20H,11H2,1-3H3/t12-/m1/s1. The molecule has 2 rings (SSSR count). The van der Waals surface area contributed by atoms with Crippen molar-refractivity contribution >= 4 is 27.6 Å². The normalized spacial score (nSPS) is 12.3. The molecule has 1 atom stereocenters. The Labute approximate surface area is 163 Å². The van der Waals surface area contributed by atoms with Crippen LogP contribution in [0.5, 0.6) is 11.5 Å². The van der Waals surface area contributed by atoms with Crippen LogP contribution in [-0.4, -0.2) is 41.3 Å². The minimum Gasteiger partial charge on any atom is -0.493 e. The summed E-state index contributed by atoms with van der Waals surface area (Å²) in [5.74, 6) is 0.336. The van der Waals surface area contributed by atoms with Crippen LogP contribution in [0.2, 0.25) is 5.02 Å². The molecule has 0 radical (unpaired) electrons. The van der Waals surface area contributed by atoms with E-state index in [0.29, 0.717) is 11.5 Å². The Hall–Kier alpha value is -2.29. The summed E-state index contributed by atoms with van der Waals surface area (Å²) in [5, 5.41) is 0.105. The van der Waals surface area contributed by atoms with Crippen molar-refractivity contribution in [1.29, 1.82) is 0 Å². The zero-order chi connectivity index (χ0) is 20.0. The molecule has 0 amide bonds. The van der Waals surface area contributed by atoms with Crippen molar-refractivity contribution < 1.29 is 27.4 Å². The topological polar surface area (TPSA) is 90.9 Å². The molecule has 0 spiro atoms. The summed E-state index contributed by atoms with van der Waals surface area (Å²) >= 11 is 5.92. The molecular formula is C18H20ClNO6S. The Balaban J connectivity index is 2.10. The van der Waals surface area contributed by atoms with E-state index in [1.807, 2.05) is 0 Å². The number of rotatable bonds is 8. The molecule has 0 aromatic heterocycles. The van der Waals surface area contributed by atoms with E-state index < -0.39 is 22.0 Å². The van der Waals surface area contributed by atoms with Crippen molar-refractivity contribution in [3.63, 3.8) is 0 Å². The van der Waals surface area contributed by atoms with Crippen molar-refractivity contribution in [3.8, 4) is 11.5 Å². The quantitative estimate of drug-likeness (QED) is 0.669. The Morgan fingerprint density at radius 2 is 1.81 bits per heavy atom. The summed E-state index contributed by atoms with van der Waals surface area (Å²) in [6, 6.07) is 10.3. The van der Waals surface area contributed by atoms with Crippen molar-refractivity contribution in [2.24, 2.45) is 0 Å². The van der Waals surface area contributed by atoms with E-state index in [1.54, 1.807) is 31.2 Å². The zero-order valence-corrected chi connectivity index (χ0v) is 16.6. The first-order chi connectivity index (χ1) is 12.8. The second kappa shape index (κ2) is 9.07. The number of nitrogens with one attached hydrogen (secondary N) is 1. The smallest absolute Gasteiger partial charge is 0.339 e. The molecule has 7 nitrogen and oxygen atoms in total. The lowest BCUT2D eigenvalue weighted by Crippen LogP contribution is -2.36. The third kappa shape index (κ3) is 5.35. The highest BCUT2D eigenvalue weighted by atomic mass is 35.5. The molecule has 0 unspecified atom stereocenters. The number of benzene rings is 2. The third-order valence-corrected chi connectivity index (χ3v) is 5.48. The molecule has 0 saturated carbocycles. The Morgan fingerprint density at radius 1 is 1.15 bits per heavy atom. The van der Waals surface area contributed by atoms with E-state index >= 15 is 0 Å². The monoisotopic (exact) mass is 413 g/mol. The summed E-state index contributed by atoms with van der Waals surface area (Å²) in [6.45, 7) is 1.74. The van der Waals surface area contributed by atoms with Crippen LogP contribution in [0.1, 0.15) is 17.3 Å². The summed E-state index contributed by atoms with van der Waals surface area (Å²) < 4.78 is 43.0. The maximum atomic E-state index is 12.6. The van der Waals surface area contributed by atoms with Gasteiger partial charge in [-0.2, -0.15) is 0 Å². The predicted molar refractivity (Wildman–Crippen MR) is 101 cm³/mol. The van der Waals surface area contributed by atoms with E-state index in [0.717, 1.165) is 0 Å². The van der Waals surface area contributed by atoms with Gasteiger partial charge in [-0.25, -0.2) is 17.9 Å². The molecular weight excluding hydrogens is 394 g/mol. The van der Waals surface area contributed by atoms with Gasteiger partial charge in [0, 0.05) is 0 Å². The number of ether oxygens (including phenoxy) is 3. The molecule has 9 heteroatoms. The van der Waals surface area contributed by atoms with Crippen LogP contribution in [-0.2, 0) is 14.8 Å². The minimum absolute atomic E-state index is 0.0278. The number of para-hydroxylation sites is 2. The Bertz CT molecular complexity index is 916. The maximum absolute atomic E-state index is 12.6. The number of esters is 1. The summed E-state index contributed by atoms with van der Waals surface area (Å²) in [6.07, 6.45) is 0. The van der Waals surface area contributed by atoms with Gasteiger partial charge in [0.15, 0.2) is 11.5 Å². The van der Waals surface area contributed by atoms with Gasteiger partial charge in [0.25, 0.3) is 0 Å². The van der Waals surface area contributed by atoms with Gasteiger partial charge in [-0.1, -0.05) is 23.7 Å². The summed E-state index contributed by atoms with van der Waals surface area (Å²) in [7, 11) is -1.18. The molecule has 0 aliphatic heterocycles. The molecule has 0 aliphatic rings. The molecule has 0 bridgehead atoms. The van der Waals surface area contributed by atoms with Gasteiger partial charge < -0.3 is 14.2 Å². The Kier molecular flexibility index (Phi) is 7.06. The fourth-order valence-electron chi connectivity index (χ4n) is 2.26. The van der Waals surface area contributed by atoms with Crippen LogP contribution < -0.4 is 14.2 Å². The third-order valence-electron chi connectivity index (χ3n) is 3.57. The first-order valence-corrected chi connectivity index (χ1v) is 9.80. The van der Waals surface area contributed by atoms with Gasteiger partial charge in [-0.05, 0) is 37.3 Å². The van der Waals surface area contributed by atoms with Crippen LogP contribution in [0.15, 0.2) is 47.4 Å². The minimum atomic E-state index is -3.89. The SMILES string of the molecule is COC(=O)c1cc(S(=O)(=O)N[C@H](C)COc2ccccc2OC)ccc1Cl. The highest BCUT2D eigenvalue weighted by Crippen LogP contribution is 2.26. The van der Waals surface area contributed by atoms with Gasteiger partial charge in [0.05, 0.1) is 35.7 Å². The molecule has 2 aromatic rings. The number of carbonyl (C=O) groups is 1. The second-order valence-electron chi connectivity index (χ2n) is 5.62. The predicted octanol–water partition coefficient (Wildman–Crippen LogP) is 2.88. The molecule has 0 aliphatic carbocycles. The molecule has 146 valence electrons. The lowest BCUT2D eigenvalue weighted by Gasteiger charge is -2.17. The van der Waals surface area contributed by atoms with E-state index in [4.69, 9.17) is 21.1 Å². The average molecular weight is 414 g/mol. The number of carbonyl (C=O) groups excluding carboxylic acids is 1. The number of halogens is 1. The number of hydrogen-bond donors (Lipinski definition) is 1. The number of hydrogen-bond acceptors (Lipinski definition) is 6. The van der Waals surface area contributed by atoms with Crippen LogP contribution in [0.25, 0.3) is 0 Å². The van der Waals surface area contributed by atoms with E-state index in [-0.39, 0.29) is 22.1 Å². The van der Waals surface area contributed by atoms with Gasteiger partial charge in [-0.3, -0.25) is 0 Å². The van der Waals surface area contributed by atoms with E-state index in [1.165, 1.54) is 32.4 Å². The highest BCUT2D eigenvalue weighted by Gasteiger charge is 2.21. The number of methoxy groups -OCH3 is 2. The van der Waals surface area contributed by atoms with E-state index in [9.17, 15) is 13.2 Å². The van der Waals surface area contributed by atoms with Crippen LogP contribution >= 0.6 is 11.6 Å². The lowest BCUT2D eigenvalue weighted by atomic mass is 10.2. The first-order valence-electron chi connectivity index (χ1n) is 7.94. The van der Waals surface area contributed by atoms with E-state index in [2.05, 4.69) is 9.46 Å². The van der Waals surface area contributed by atoms with Crippen LogP contribution in [0.3, 0.4) is 0 Å². The summed E-state index contributed by atoms with van der Waals surface area (Å²) in [4.78, 5) is 11.6. The molecule has 0 fully saturated rings. The molecule has 0 saturated heterocycles. The Morgan fingerprint density at radius 3 is 2.44 bits per heavy atom. The largest absolute Gasteiger partial charge is 0.493 e. The summed E-state index contributed by atoms with van der Waals surface area (Å²) in [5.41, 5.74) is -0.0278. The van der Waals surface area contributed by atoms with Gasteiger partial charge in [0.2, 0.25) is 10.0 Å². The average Bonchev–Trinajstić information content (AvgIpc) is 2.65. The molecule has 2 aromatic carbocycles. The van der Waals surface area contributed by atoms with Crippen LogP contribution in [0.4, 0.5) is 0 Å². The van der Waals surface area contributed by atoms with Crippen molar-refractivity contribution in [3.05, 3.63) is 53.1 Å². The van der Waals surface area contributed by atoms with Crippen LogP contribution in [0, 0.1) is 0 Å². The van der Waals surface area contributed by atoms with Gasteiger partial charge >= 0.3 is 5.97 Å². The van der Waals surface area contributed by atoms with Crippen molar-refractivity contribution in [2.45, 2.75) is 17.9 Å². The maximum Gasteiger partial charge on any atom is 0.339 e. The molecule has 27 heavy (non-hydrogen) atoms. The van der Waals surface area contributed by atoms with Crippen molar-refractivity contribution in [1.82, 2.24) is 4.72 Å². The fraction of sp³-hybridized carbons (Fsp3) is 0.278. The second-order valence-corrected chi connectivity index (χ2v) is 7.74. The molecule has 0 heterocycles. The molecule has 1 N–H and O–H groups in total. The first kappa shape index (κ1) is 21.0. The highest BCUT2D eigenvalue weighted by molar-refractivity contribution is 7.89. The number of sulfonamides is 1.